The molecule has 0 aliphatic heterocycles. The van der Waals surface area contributed by atoms with Gasteiger partial charge in [-0.3, -0.25) is 0 Å². The van der Waals surface area contributed by atoms with E-state index in [9.17, 15) is 0 Å². The second-order valence-electron chi connectivity index (χ2n) is 21.5. The Balaban J connectivity index is 0.900. The van der Waals surface area contributed by atoms with Crippen molar-refractivity contribution in [1.29, 1.82) is 0 Å². The molecular formula is C80H50. The first kappa shape index (κ1) is 45.8. The van der Waals surface area contributed by atoms with E-state index in [-0.39, 0.29) is 0 Å². The molecule has 80 heavy (non-hydrogen) atoms. The summed E-state index contributed by atoms with van der Waals surface area (Å²) in [6.07, 6.45) is 0. The Labute approximate surface area is 464 Å². The van der Waals surface area contributed by atoms with Gasteiger partial charge in [-0.1, -0.05) is 255 Å². The van der Waals surface area contributed by atoms with Gasteiger partial charge in [0, 0.05) is 0 Å². The Bertz CT molecular complexity index is 5130. The van der Waals surface area contributed by atoms with Crippen LogP contribution in [0.4, 0.5) is 0 Å². The average molecular weight is 1010 g/mol. The fraction of sp³-hybridized carbons (Fsp3) is 0. The predicted molar refractivity (Wildman–Crippen MR) is 345 cm³/mol. The summed E-state index contributed by atoms with van der Waals surface area (Å²) >= 11 is 0. The van der Waals surface area contributed by atoms with E-state index in [0.29, 0.717) is 0 Å². The van der Waals surface area contributed by atoms with Gasteiger partial charge in [-0.25, -0.2) is 0 Å². The number of benzene rings is 16. The molecular weight excluding hydrogens is 961 g/mol. The van der Waals surface area contributed by atoms with E-state index in [1.165, 1.54) is 164 Å². The van der Waals surface area contributed by atoms with E-state index in [4.69, 9.17) is 0 Å². The summed E-state index contributed by atoms with van der Waals surface area (Å²) in [5.41, 5.74) is 17.0. The van der Waals surface area contributed by atoms with Crippen LogP contribution in [-0.4, -0.2) is 0 Å². The Morgan fingerprint density at radius 1 is 0.113 bits per heavy atom. The van der Waals surface area contributed by atoms with Gasteiger partial charge in [-0.15, -0.1) is 0 Å². The minimum absolute atomic E-state index is 1.18. The summed E-state index contributed by atoms with van der Waals surface area (Å²) in [5.74, 6) is 0. The highest BCUT2D eigenvalue weighted by Crippen LogP contribution is 2.46. The molecule has 0 unspecified atom stereocenters. The van der Waals surface area contributed by atoms with Crippen LogP contribution in [0, 0.1) is 0 Å². The third-order valence-corrected chi connectivity index (χ3v) is 17.0. The molecule has 0 aliphatic rings. The summed E-state index contributed by atoms with van der Waals surface area (Å²) in [7, 11) is 0. The zero-order valence-electron chi connectivity index (χ0n) is 43.9. The first-order chi connectivity index (χ1) is 39.6. The second-order valence-corrected chi connectivity index (χ2v) is 21.5. The normalized spacial score (nSPS) is 11.8. The Hall–Kier alpha value is -10.4. The van der Waals surface area contributed by atoms with Crippen LogP contribution in [0.15, 0.2) is 303 Å². The summed E-state index contributed by atoms with van der Waals surface area (Å²) < 4.78 is 0. The zero-order chi connectivity index (χ0) is 52.7. The van der Waals surface area contributed by atoms with Crippen LogP contribution in [0.25, 0.3) is 164 Å². The van der Waals surface area contributed by atoms with Gasteiger partial charge >= 0.3 is 0 Å². The van der Waals surface area contributed by atoms with Crippen LogP contribution in [0.2, 0.25) is 0 Å². The number of rotatable bonds is 7. The van der Waals surface area contributed by atoms with Gasteiger partial charge in [-0.05, 0) is 213 Å². The molecule has 0 saturated carbocycles. The predicted octanol–water partition coefficient (Wildman–Crippen LogP) is 22.6. The molecule has 0 atom stereocenters. The maximum absolute atomic E-state index is 2.47. The van der Waals surface area contributed by atoms with Crippen molar-refractivity contribution in [1.82, 2.24) is 0 Å². The van der Waals surface area contributed by atoms with Gasteiger partial charge < -0.3 is 0 Å². The molecule has 0 heterocycles. The lowest BCUT2D eigenvalue weighted by molar-refractivity contribution is 1.62. The van der Waals surface area contributed by atoms with Crippen LogP contribution >= 0.6 is 0 Å². The van der Waals surface area contributed by atoms with Gasteiger partial charge in [-0.2, -0.15) is 0 Å². The van der Waals surface area contributed by atoms with Crippen LogP contribution in [0.1, 0.15) is 0 Å². The Kier molecular flexibility index (Phi) is 10.7. The minimum Gasteiger partial charge on any atom is -0.0622 e. The molecule has 0 N–H and O–H groups in total. The molecule has 0 spiro atoms. The fourth-order valence-corrected chi connectivity index (χ4v) is 13.0. The highest BCUT2D eigenvalue weighted by atomic mass is 14.2. The Morgan fingerprint density at radius 2 is 0.375 bits per heavy atom. The average Bonchev–Trinajstić information content (AvgIpc) is 3.68. The largest absolute Gasteiger partial charge is 0.0622 e. The monoisotopic (exact) mass is 1010 g/mol. The van der Waals surface area contributed by atoms with E-state index in [1.54, 1.807) is 0 Å². The lowest BCUT2D eigenvalue weighted by Gasteiger charge is -2.18. The molecule has 0 aliphatic carbocycles. The van der Waals surface area contributed by atoms with Gasteiger partial charge in [0.2, 0.25) is 0 Å². The quantitative estimate of drug-likeness (QED) is 0.140. The Morgan fingerprint density at radius 3 is 0.775 bits per heavy atom. The first-order valence-corrected chi connectivity index (χ1v) is 27.8. The lowest BCUT2D eigenvalue weighted by Crippen LogP contribution is -1.91. The van der Waals surface area contributed by atoms with Crippen LogP contribution < -0.4 is 0 Å². The van der Waals surface area contributed by atoms with Crippen molar-refractivity contribution in [3.05, 3.63) is 303 Å². The minimum atomic E-state index is 1.18. The van der Waals surface area contributed by atoms with Crippen LogP contribution in [0.5, 0.6) is 0 Å². The molecule has 0 aromatic heterocycles. The van der Waals surface area contributed by atoms with Gasteiger partial charge in [0.1, 0.15) is 0 Å². The van der Waals surface area contributed by atoms with E-state index in [0.717, 1.165) is 0 Å². The van der Waals surface area contributed by atoms with E-state index in [2.05, 4.69) is 303 Å². The fourth-order valence-electron chi connectivity index (χ4n) is 13.0. The van der Waals surface area contributed by atoms with Gasteiger partial charge in [0.25, 0.3) is 0 Å². The standard InChI is InChI=1S/C80H50/c1-3-17-55(18-4-1)71-47-79-69-41-39-63(45-75(69)73(56-19-5-2-6-20-56)49-77(79)67-25-13-11-23-65(67)71)64-40-42-70-76(46-64)74(58-35-29-54(30-36-58)62-38-32-52-16-8-10-22-60(52)44-62)50-78-68-26-14-12-24-66(68)72(48-80(70)78)57-33-27-53(28-34-57)61-37-31-51-15-7-9-21-59(51)43-61/h1-50H. The number of fused-ring (bicyclic) bond motifs is 12. The van der Waals surface area contributed by atoms with Crippen molar-refractivity contribution in [2.45, 2.75) is 0 Å². The van der Waals surface area contributed by atoms with E-state index < -0.39 is 0 Å². The summed E-state index contributed by atoms with van der Waals surface area (Å²) in [4.78, 5) is 0. The molecule has 16 aromatic rings. The summed E-state index contributed by atoms with van der Waals surface area (Å²) in [5, 5.41) is 20.0. The maximum atomic E-state index is 2.47. The third-order valence-electron chi connectivity index (χ3n) is 17.0. The zero-order valence-corrected chi connectivity index (χ0v) is 43.9. The van der Waals surface area contributed by atoms with E-state index >= 15 is 0 Å². The molecule has 0 radical (unpaired) electrons. The smallest absolute Gasteiger partial charge is 0.00923 e. The lowest BCUT2D eigenvalue weighted by atomic mass is 9.85. The SMILES string of the molecule is c1ccc(-c2cc3c4ccc(-c5ccc6c(c5)c(-c5ccc(-c7ccc8ccccc8c7)cc5)cc5c7ccccc7c(-c7ccc(-c8ccc9ccccc9c8)cc7)cc65)cc4c(-c4ccccc4)cc3c3ccccc23)cc1. The molecule has 0 heteroatoms. The first-order valence-electron chi connectivity index (χ1n) is 27.8. The van der Waals surface area contributed by atoms with Crippen molar-refractivity contribution >= 4 is 86.2 Å². The maximum Gasteiger partial charge on any atom is -0.00923 e. The summed E-state index contributed by atoms with van der Waals surface area (Å²) in [6.45, 7) is 0. The molecule has 16 rings (SSSR count). The molecule has 0 saturated heterocycles. The van der Waals surface area contributed by atoms with Crippen molar-refractivity contribution < 1.29 is 0 Å². The van der Waals surface area contributed by atoms with Crippen molar-refractivity contribution in [2.75, 3.05) is 0 Å². The molecule has 0 fully saturated rings. The third kappa shape index (κ3) is 7.68. The number of hydrogen-bond donors (Lipinski definition) is 0. The van der Waals surface area contributed by atoms with Gasteiger partial charge in [0.15, 0.2) is 0 Å². The second kappa shape index (κ2) is 18.7. The van der Waals surface area contributed by atoms with Crippen molar-refractivity contribution in [3.8, 4) is 77.9 Å². The molecule has 370 valence electrons. The number of hydrogen-bond acceptors (Lipinski definition) is 0. The van der Waals surface area contributed by atoms with Crippen LogP contribution in [0.3, 0.4) is 0 Å². The highest BCUT2D eigenvalue weighted by molar-refractivity contribution is 6.26. The van der Waals surface area contributed by atoms with Crippen molar-refractivity contribution in [3.63, 3.8) is 0 Å². The molecule has 0 bridgehead atoms. The van der Waals surface area contributed by atoms with Crippen LogP contribution in [-0.2, 0) is 0 Å². The molecule has 0 amide bonds. The topological polar surface area (TPSA) is 0 Å². The molecule has 0 nitrogen and oxygen atoms in total. The van der Waals surface area contributed by atoms with Crippen molar-refractivity contribution in [2.24, 2.45) is 0 Å². The highest BCUT2D eigenvalue weighted by Gasteiger charge is 2.19. The van der Waals surface area contributed by atoms with Gasteiger partial charge in [0.05, 0.1) is 0 Å². The summed E-state index contributed by atoms with van der Waals surface area (Å²) in [6, 6.07) is 113. The molecule has 16 aromatic carbocycles. The van der Waals surface area contributed by atoms with E-state index in [1.807, 2.05) is 0 Å².